The number of hydrogen-bond acceptors (Lipinski definition) is 3. The summed E-state index contributed by atoms with van der Waals surface area (Å²) in [7, 11) is 0. The second kappa shape index (κ2) is 23.2. The van der Waals surface area contributed by atoms with Gasteiger partial charge < -0.3 is 14.0 Å². The molecule has 412 valence electrons. The van der Waals surface area contributed by atoms with Crippen LogP contribution in [-0.2, 0) is 0 Å². The number of nitrogens with zero attached hydrogens (tertiary/aromatic N) is 4. The lowest BCUT2D eigenvalue weighted by atomic mass is 9.96. The van der Waals surface area contributed by atoms with Crippen molar-refractivity contribution >= 4 is 102 Å². The molecule has 15 aromatic rings. The van der Waals surface area contributed by atoms with E-state index < -0.39 is 0 Å². The van der Waals surface area contributed by atoms with E-state index in [1.54, 1.807) is 0 Å². The van der Waals surface area contributed by atoms with Crippen molar-refractivity contribution in [2.75, 3.05) is 15.3 Å². The van der Waals surface area contributed by atoms with E-state index in [1.165, 1.54) is 32.9 Å². The first kappa shape index (κ1) is 52.2. The zero-order chi connectivity index (χ0) is 57.9. The number of fused-ring (bicyclic) bond motifs is 4. The molecule has 0 atom stereocenters. The molecular formula is C82H59N5. The summed E-state index contributed by atoms with van der Waals surface area (Å²) in [5, 5.41) is 9.04. The summed E-state index contributed by atoms with van der Waals surface area (Å²) < 4.78 is 4.79. The Hall–Kier alpha value is -11.7. The maximum Gasteiger partial charge on any atom is 0.0704 e. The molecule has 2 heterocycles. The van der Waals surface area contributed by atoms with E-state index in [2.05, 4.69) is 376 Å². The minimum Gasteiger partial charge on any atom is -0.309 e. The van der Waals surface area contributed by atoms with Gasteiger partial charge in [-0.15, -0.1) is 0 Å². The second-order valence-electron chi connectivity index (χ2n) is 21.8. The molecule has 15 rings (SSSR count). The third-order valence-corrected chi connectivity index (χ3v) is 16.5. The fourth-order valence-electron chi connectivity index (χ4n) is 12.6. The molecule has 0 unspecified atom stereocenters. The van der Waals surface area contributed by atoms with Gasteiger partial charge in [-0.05, 0) is 107 Å². The number of rotatable bonds is 15. The van der Waals surface area contributed by atoms with Gasteiger partial charge in [0.15, 0.2) is 0 Å². The number of nitrogens with one attached hydrogen (secondary N) is 1. The van der Waals surface area contributed by atoms with E-state index >= 15 is 0 Å². The molecule has 0 spiro atoms. The average molecular weight is 1110 g/mol. The molecule has 5 nitrogen and oxygen atoms in total. The summed E-state index contributed by atoms with van der Waals surface area (Å²) in [6.07, 6.45) is 9.07. The van der Waals surface area contributed by atoms with Crippen molar-refractivity contribution in [1.82, 2.24) is 9.13 Å². The lowest BCUT2D eigenvalue weighted by molar-refractivity contribution is 1.13. The molecule has 2 aromatic heterocycles. The van der Waals surface area contributed by atoms with Gasteiger partial charge in [-0.3, -0.25) is 10.4 Å². The van der Waals surface area contributed by atoms with Crippen LogP contribution >= 0.6 is 0 Å². The zero-order valence-electron chi connectivity index (χ0n) is 47.8. The number of aromatic nitrogens is 2. The highest BCUT2D eigenvalue weighted by Gasteiger charge is 2.24. The molecule has 87 heavy (non-hydrogen) atoms. The maximum absolute atomic E-state index is 4.04. The average Bonchev–Trinajstić information content (AvgIpc) is 2.10. The van der Waals surface area contributed by atoms with E-state index in [-0.39, 0.29) is 0 Å². The van der Waals surface area contributed by atoms with E-state index in [9.17, 15) is 0 Å². The minimum absolute atomic E-state index is 1.000. The van der Waals surface area contributed by atoms with Crippen LogP contribution in [-0.4, -0.2) is 9.13 Å². The molecule has 0 aliphatic rings. The molecule has 5 heteroatoms. The normalized spacial score (nSPS) is 11.6. The molecule has 0 saturated carbocycles. The van der Waals surface area contributed by atoms with Crippen molar-refractivity contribution in [2.24, 2.45) is 0 Å². The summed E-state index contributed by atoms with van der Waals surface area (Å²) in [5.41, 5.74) is 24.1. The third-order valence-electron chi connectivity index (χ3n) is 16.5. The van der Waals surface area contributed by atoms with Gasteiger partial charge in [-0.1, -0.05) is 267 Å². The number of para-hydroxylation sites is 6. The Labute approximate surface area is 507 Å². The summed E-state index contributed by atoms with van der Waals surface area (Å²) in [6.45, 7) is 0. The van der Waals surface area contributed by atoms with Crippen molar-refractivity contribution in [1.29, 1.82) is 0 Å². The molecule has 13 aromatic carbocycles. The Balaban J connectivity index is 0.801. The standard InChI is InChI=1S/C82H59N5/c1-7-27-61(28-8-1)80-75(69-39-23-25-45-77(69)85(80)64-33-13-4-14-34-64)57-51-59-47-53-66(54-48-59)84(63-31-11-3-12-32-63)82-73-43-21-19-41-71(73)79(72-42-20-22-44-74(72)82)83-87(67-37-17-6-18-38-67)68-55-49-60(50-56-68)52-58-76-70-40-24-26-46-78(70)86(65-35-15-5-16-36-65)81(76)62-29-9-2-10-30-62/h1-58,83H/b57-51+,58-52+. The van der Waals surface area contributed by atoms with Crippen LogP contribution < -0.4 is 15.3 Å². The predicted octanol–water partition coefficient (Wildman–Crippen LogP) is 22.2. The molecule has 0 fully saturated rings. The van der Waals surface area contributed by atoms with Crippen LogP contribution in [0.25, 0.3) is 102 Å². The zero-order valence-corrected chi connectivity index (χ0v) is 47.8. The molecule has 0 radical (unpaired) electrons. The first-order valence-corrected chi connectivity index (χ1v) is 29.7. The fourth-order valence-corrected chi connectivity index (χ4v) is 12.6. The molecule has 0 aliphatic heterocycles. The van der Waals surface area contributed by atoms with Gasteiger partial charge >= 0.3 is 0 Å². The van der Waals surface area contributed by atoms with Crippen LogP contribution in [0.5, 0.6) is 0 Å². The van der Waals surface area contributed by atoms with Crippen LogP contribution in [0.2, 0.25) is 0 Å². The number of benzene rings is 13. The minimum atomic E-state index is 1.000. The Morgan fingerprint density at radius 1 is 0.264 bits per heavy atom. The van der Waals surface area contributed by atoms with Crippen molar-refractivity contribution in [3.63, 3.8) is 0 Å². The van der Waals surface area contributed by atoms with E-state index in [1.807, 2.05) is 0 Å². The molecule has 0 bridgehead atoms. The van der Waals surface area contributed by atoms with Gasteiger partial charge in [0.2, 0.25) is 0 Å². The Kier molecular flexibility index (Phi) is 13.9. The predicted molar refractivity (Wildman–Crippen MR) is 370 cm³/mol. The largest absolute Gasteiger partial charge is 0.309 e. The highest BCUT2D eigenvalue weighted by atomic mass is 15.5. The van der Waals surface area contributed by atoms with Gasteiger partial charge in [0, 0.05) is 66.2 Å². The van der Waals surface area contributed by atoms with Crippen LogP contribution in [0.4, 0.5) is 34.1 Å². The van der Waals surface area contributed by atoms with Crippen LogP contribution in [0.3, 0.4) is 0 Å². The Morgan fingerprint density at radius 3 is 1.02 bits per heavy atom. The molecule has 0 aliphatic carbocycles. The summed E-state index contributed by atoms with van der Waals surface area (Å²) in [4.78, 5) is 2.42. The number of hydrogen-bond donors (Lipinski definition) is 1. The summed E-state index contributed by atoms with van der Waals surface area (Å²) in [5.74, 6) is 0. The highest BCUT2D eigenvalue weighted by Crippen LogP contribution is 2.48. The van der Waals surface area contributed by atoms with E-state index in [4.69, 9.17) is 0 Å². The van der Waals surface area contributed by atoms with E-state index in [0.717, 1.165) is 101 Å². The van der Waals surface area contributed by atoms with Gasteiger partial charge in [0.1, 0.15) is 0 Å². The molecular weight excluding hydrogens is 1050 g/mol. The van der Waals surface area contributed by atoms with Crippen LogP contribution in [0.1, 0.15) is 22.3 Å². The van der Waals surface area contributed by atoms with Crippen LogP contribution in [0, 0.1) is 0 Å². The van der Waals surface area contributed by atoms with Gasteiger partial charge in [-0.25, -0.2) is 0 Å². The Morgan fingerprint density at radius 2 is 0.586 bits per heavy atom. The second-order valence-corrected chi connectivity index (χ2v) is 21.8. The third kappa shape index (κ3) is 9.89. The van der Waals surface area contributed by atoms with E-state index in [0.29, 0.717) is 0 Å². The van der Waals surface area contributed by atoms with Crippen molar-refractivity contribution < 1.29 is 0 Å². The Bertz CT molecular complexity index is 4900. The fraction of sp³-hybridized carbons (Fsp3) is 0. The van der Waals surface area contributed by atoms with Crippen molar-refractivity contribution in [3.05, 3.63) is 350 Å². The lowest BCUT2D eigenvalue weighted by Crippen LogP contribution is -2.25. The number of anilines is 6. The molecule has 0 saturated heterocycles. The highest BCUT2D eigenvalue weighted by molar-refractivity contribution is 6.22. The number of hydrazine groups is 1. The van der Waals surface area contributed by atoms with Gasteiger partial charge in [0.25, 0.3) is 0 Å². The topological polar surface area (TPSA) is 28.4 Å². The van der Waals surface area contributed by atoms with Crippen LogP contribution in [0.15, 0.2) is 328 Å². The summed E-state index contributed by atoms with van der Waals surface area (Å²) >= 11 is 0. The summed E-state index contributed by atoms with van der Waals surface area (Å²) in [6, 6.07) is 117. The first-order valence-electron chi connectivity index (χ1n) is 29.7. The molecule has 0 amide bonds. The SMILES string of the molecule is C(=C\c1c(-c2ccccc2)n(-c2ccccc2)c2ccccc12)/c1ccc(N(Nc2c3ccccc3c(N(c3ccccc3)c3ccc(/C=C/c4c(-c5ccccc5)n(-c5ccccc5)c5ccccc45)cc3)c3ccccc23)c2ccccc2)cc1. The van der Waals surface area contributed by atoms with Gasteiger partial charge in [0.05, 0.1) is 45.2 Å². The lowest BCUT2D eigenvalue weighted by Gasteiger charge is -2.32. The quantitative estimate of drug-likeness (QED) is 0.0630. The molecule has 1 N–H and O–H groups in total. The smallest absolute Gasteiger partial charge is 0.0704 e. The maximum atomic E-state index is 4.04. The van der Waals surface area contributed by atoms with Gasteiger partial charge in [-0.2, -0.15) is 0 Å². The first-order chi connectivity index (χ1) is 43.2. The van der Waals surface area contributed by atoms with Crippen molar-refractivity contribution in [3.8, 4) is 33.9 Å². The monoisotopic (exact) mass is 1110 g/mol. The van der Waals surface area contributed by atoms with Crippen molar-refractivity contribution in [2.45, 2.75) is 0 Å².